The number of aromatic nitrogens is 2. The Labute approximate surface area is 142 Å². The van der Waals surface area contributed by atoms with Crippen LogP contribution >= 0.6 is 0 Å². The Balaban J connectivity index is 1.69. The summed E-state index contributed by atoms with van der Waals surface area (Å²) in [7, 11) is 1.61. The van der Waals surface area contributed by atoms with Gasteiger partial charge in [0.25, 0.3) is 5.88 Å². The number of aliphatic hydroxyl groups excluding tert-OH is 1. The zero-order chi connectivity index (χ0) is 16.9. The van der Waals surface area contributed by atoms with Crippen molar-refractivity contribution in [3.63, 3.8) is 0 Å². The summed E-state index contributed by atoms with van der Waals surface area (Å²) in [4.78, 5) is 25.3. The summed E-state index contributed by atoms with van der Waals surface area (Å²) in [6.07, 6.45) is 7.43. The molecule has 2 atom stereocenters. The fourth-order valence-corrected chi connectivity index (χ4v) is 3.91. The number of fused-ring (bicyclic) bond motifs is 1. The molecule has 0 aromatic carbocycles. The van der Waals surface area contributed by atoms with Crippen LogP contribution in [0.2, 0.25) is 0 Å². The van der Waals surface area contributed by atoms with E-state index in [1.807, 2.05) is 0 Å². The maximum absolute atomic E-state index is 12.3. The molecule has 1 N–H and O–H groups in total. The van der Waals surface area contributed by atoms with Gasteiger partial charge in [0.15, 0.2) is 5.82 Å². The van der Waals surface area contributed by atoms with Crippen LogP contribution in [-0.4, -0.2) is 65.3 Å². The number of unbranched alkanes of at least 4 members (excludes halogenated alkanes) is 1. The Bertz CT molecular complexity index is 569. The summed E-state index contributed by atoms with van der Waals surface area (Å²) in [6, 6.07) is 0.309. The number of amides is 1. The van der Waals surface area contributed by atoms with Crippen LogP contribution < -0.4 is 9.64 Å². The Morgan fingerprint density at radius 1 is 1.29 bits per heavy atom. The predicted octanol–water partition coefficient (Wildman–Crippen LogP) is 1.07. The number of likely N-dealkylation sites (tertiary alicyclic amines) is 1. The molecule has 3 rings (SSSR count). The van der Waals surface area contributed by atoms with Crippen molar-refractivity contribution in [2.24, 2.45) is 5.92 Å². The average molecular weight is 334 g/mol. The van der Waals surface area contributed by atoms with E-state index in [9.17, 15) is 4.79 Å². The van der Waals surface area contributed by atoms with Crippen LogP contribution in [0.5, 0.6) is 5.88 Å². The number of rotatable bonds is 6. The highest BCUT2D eigenvalue weighted by Crippen LogP contribution is 2.34. The van der Waals surface area contributed by atoms with Gasteiger partial charge in [-0.05, 0) is 31.6 Å². The van der Waals surface area contributed by atoms with Gasteiger partial charge >= 0.3 is 0 Å². The molecule has 132 valence electrons. The second kappa shape index (κ2) is 7.79. The van der Waals surface area contributed by atoms with Crippen LogP contribution in [0, 0.1) is 5.92 Å². The van der Waals surface area contributed by atoms with Crippen LogP contribution in [0.1, 0.15) is 32.1 Å². The number of aliphatic hydroxyl groups is 1. The highest BCUT2D eigenvalue weighted by molar-refractivity contribution is 5.77. The predicted molar refractivity (Wildman–Crippen MR) is 90.0 cm³/mol. The highest BCUT2D eigenvalue weighted by Gasteiger charge is 2.39. The van der Waals surface area contributed by atoms with Gasteiger partial charge < -0.3 is 19.6 Å². The number of carbonyl (C=O) groups excluding carboxylic acids is 1. The maximum Gasteiger partial charge on any atom is 0.257 e. The minimum absolute atomic E-state index is 0.191. The highest BCUT2D eigenvalue weighted by atomic mass is 16.5. The number of nitrogens with zero attached hydrogens (tertiary/aromatic N) is 4. The van der Waals surface area contributed by atoms with Gasteiger partial charge in [0.05, 0.1) is 7.11 Å². The summed E-state index contributed by atoms with van der Waals surface area (Å²) in [5.74, 6) is 2.07. The number of ether oxygens (including phenoxy) is 1. The monoisotopic (exact) mass is 334 g/mol. The summed E-state index contributed by atoms with van der Waals surface area (Å²) in [6.45, 7) is 2.68. The second-order valence-corrected chi connectivity index (χ2v) is 6.51. The van der Waals surface area contributed by atoms with Gasteiger partial charge in [-0.2, -0.15) is 0 Å². The minimum Gasteiger partial charge on any atom is -0.478 e. The molecule has 0 bridgehead atoms. The molecule has 2 aliphatic heterocycles. The van der Waals surface area contributed by atoms with Crippen LogP contribution in [0.15, 0.2) is 12.4 Å². The first kappa shape index (κ1) is 17.0. The van der Waals surface area contributed by atoms with Crippen molar-refractivity contribution < 1.29 is 14.6 Å². The molecule has 1 aromatic rings. The van der Waals surface area contributed by atoms with Gasteiger partial charge in [0.2, 0.25) is 5.91 Å². The van der Waals surface area contributed by atoms with E-state index >= 15 is 0 Å². The van der Waals surface area contributed by atoms with Crippen LogP contribution in [0.3, 0.4) is 0 Å². The molecular formula is C17H26N4O3. The van der Waals surface area contributed by atoms with E-state index in [4.69, 9.17) is 9.84 Å². The molecule has 2 saturated heterocycles. The van der Waals surface area contributed by atoms with Crippen molar-refractivity contribution in [1.29, 1.82) is 0 Å². The topological polar surface area (TPSA) is 78.8 Å². The van der Waals surface area contributed by atoms with Crippen molar-refractivity contribution in [2.45, 2.75) is 38.1 Å². The molecule has 0 saturated carbocycles. The number of hydrogen-bond donors (Lipinski definition) is 1. The molecular weight excluding hydrogens is 308 g/mol. The van der Waals surface area contributed by atoms with E-state index in [0.29, 0.717) is 24.3 Å². The van der Waals surface area contributed by atoms with E-state index in [2.05, 4.69) is 19.8 Å². The van der Waals surface area contributed by atoms with Gasteiger partial charge in [-0.1, -0.05) is 0 Å². The molecule has 2 fully saturated rings. The second-order valence-electron chi connectivity index (χ2n) is 6.51. The molecule has 1 amide bonds. The minimum atomic E-state index is 0.191. The van der Waals surface area contributed by atoms with Crippen LogP contribution in [0.25, 0.3) is 0 Å². The smallest absolute Gasteiger partial charge is 0.257 e. The Hall–Kier alpha value is -1.89. The van der Waals surface area contributed by atoms with Gasteiger partial charge in [0, 0.05) is 51.1 Å². The average Bonchev–Trinajstić information content (AvgIpc) is 2.63. The van der Waals surface area contributed by atoms with E-state index in [1.165, 1.54) is 0 Å². The first-order valence-corrected chi connectivity index (χ1v) is 8.75. The third kappa shape index (κ3) is 3.45. The number of methoxy groups -OCH3 is 1. The van der Waals surface area contributed by atoms with Crippen molar-refractivity contribution in [1.82, 2.24) is 14.9 Å². The van der Waals surface area contributed by atoms with Crippen molar-refractivity contribution in [3.05, 3.63) is 12.4 Å². The van der Waals surface area contributed by atoms with Gasteiger partial charge in [-0.25, -0.2) is 9.97 Å². The molecule has 2 aliphatic rings. The third-order valence-corrected chi connectivity index (χ3v) is 5.09. The fraction of sp³-hybridized carbons (Fsp3) is 0.706. The molecule has 7 heteroatoms. The fourth-order valence-electron chi connectivity index (χ4n) is 3.91. The first-order chi connectivity index (χ1) is 11.7. The molecule has 24 heavy (non-hydrogen) atoms. The molecule has 0 spiro atoms. The zero-order valence-electron chi connectivity index (χ0n) is 14.2. The first-order valence-electron chi connectivity index (χ1n) is 8.75. The number of carbonyl (C=O) groups is 1. The lowest BCUT2D eigenvalue weighted by atomic mass is 9.83. The molecule has 0 unspecified atom stereocenters. The molecule has 3 heterocycles. The SMILES string of the molecule is COc1nccnc1N1CC[C@@H]2[C@@H](CCC(=O)N2CCCCO)C1. The molecule has 1 aromatic heterocycles. The number of piperidine rings is 2. The normalized spacial score (nSPS) is 24.0. The third-order valence-electron chi connectivity index (χ3n) is 5.09. The summed E-state index contributed by atoms with van der Waals surface area (Å²) in [5.41, 5.74) is 0. The van der Waals surface area contributed by atoms with Crippen LogP contribution in [-0.2, 0) is 4.79 Å². The van der Waals surface area contributed by atoms with Gasteiger partial charge in [0.1, 0.15) is 0 Å². The lowest BCUT2D eigenvalue weighted by molar-refractivity contribution is -0.139. The van der Waals surface area contributed by atoms with Crippen LogP contribution in [0.4, 0.5) is 5.82 Å². The largest absolute Gasteiger partial charge is 0.478 e. The van der Waals surface area contributed by atoms with Crippen molar-refractivity contribution in [3.8, 4) is 5.88 Å². The van der Waals surface area contributed by atoms with E-state index in [-0.39, 0.29) is 12.5 Å². The van der Waals surface area contributed by atoms with Crippen molar-refractivity contribution >= 4 is 11.7 Å². The number of anilines is 1. The quantitative estimate of drug-likeness (QED) is 0.784. The Kier molecular flexibility index (Phi) is 5.50. The van der Waals surface area contributed by atoms with Crippen molar-refractivity contribution in [2.75, 3.05) is 38.3 Å². The lowest BCUT2D eigenvalue weighted by Gasteiger charge is -2.47. The molecule has 0 radical (unpaired) electrons. The van der Waals surface area contributed by atoms with E-state index in [1.54, 1.807) is 19.5 Å². The standard InChI is InChI=1S/C17H26N4O3/c1-24-17-16(18-7-8-19-17)20-10-6-14-13(12-20)4-5-15(23)21(14)9-2-3-11-22/h7-8,13-14,22H,2-6,9-12H2,1H3/t13-,14+/m0/s1. The van der Waals surface area contributed by atoms with E-state index < -0.39 is 0 Å². The molecule has 0 aliphatic carbocycles. The lowest BCUT2D eigenvalue weighted by Crippen LogP contribution is -2.56. The summed E-state index contributed by atoms with van der Waals surface area (Å²) >= 11 is 0. The number of hydrogen-bond acceptors (Lipinski definition) is 6. The Morgan fingerprint density at radius 2 is 2.12 bits per heavy atom. The summed E-state index contributed by atoms with van der Waals surface area (Å²) in [5, 5.41) is 8.97. The van der Waals surface area contributed by atoms with Gasteiger partial charge in [-0.15, -0.1) is 0 Å². The summed E-state index contributed by atoms with van der Waals surface area (Å²) < 4.78 is 5.33. The Morgan fingerprint density at radius 3 is 2.92 bits per heavy atom. The van der Waals surface area contributed by atoms with Gasteiger partial charge in [-0.3, -0.25) is 4.79 Å². The maximum atomic E-state index is 12.3. The molecule has 7 nitrogen and oxygen atoms in total. The zero-order valence-corrected chi connectivity index (χ0v) is 14.2. The van der Waals surface area contributed by atoms with E-state index in [0.717, 1.165) is 51.1 Å².